The van der Waals surface area contributed by atoms with Crippen LogP contribution in [0.5, 0.6) is 0 Å². The van der Waals surface area contributed by atoms with Gasteiger partial charge in [-0.2, -0.15) is 0 Å². The second-order valence-electron chi connectivity index (χ2n) is 5.27. The fourth-order valence-corrected chi connectivity index (χ4v) is 4.35. The van der Waals surface area contributed by atoms with Crippen LogP contribution in [0.1, 0.15) is 29.5 Å². The van der Waals surface area contributed by atoms with Crippen LogP contribution in [0.25, 0.3) is 0 Å². The molecule has 1 saturated heterocycles. The molecule has 1 aliphatic rings. The second-order valence-corrected chi connectivity index (χ2v) is 7.19. The highest BCUT2D eigenvalue weighted by molar-refractivity contribution is 7.99. The molecule has 0 saturated carbocycles. The third kappa shape index (κ3) is 3.41. The SMILES string of the molecule is Cc1cc(N)nc(SCC(=O)N2CCCC2c2cccs2)n1. The molecule has 116 valence electrons. The van der Waals surface area contributed by atoms with Gasteiger partial charge in [-0.25, -0.2) is 9.97 Å². The number of aromatic nitrogens is 2. The number of nitrogen functional groups attached to an aromatic ring is 1. The zero-order chi connectivity index (χ0) is 15.5. The Balaban J connectivity index is 1.64. The van der Waals surface area contributed by atoms with Crippen LogP contribution in [-0.2, 0) is 4.79 Å². The number of hydrogen-bond donors (Lipinski definition) is 1. The van der Waals surface area contributed by atoms with Crippen molar-refractivity contribution in [3.8, 4) is 0 Å². The molecule has 1 amide bonds. The summed E-state index contributed by atoms with van der Waals surface area (Å²) in [5.41, 5.74) is 6.54. The summed E-state index contributed by atoms with van der Waals surface area (Å²) in [5.74, 6) is 0.940. The van der Waals surface area contributed by atoms with Gasteiger partial charge < -0.3 is 10.6 Å². The van der Waals surface area contributed by atoms with Gasteiger partial charge in [-0.15, -0.1) is 11.3 Å². The first-order chi connectivity index (χ1) is 10.6. The summed E-state index contributed by atoms with van der Waals surface area (Å²) in [6, 6.07) is 6.10. The van der Waals surface area contributed by atoms with Crippen LogP contribution in [0.15, 0.2) is 28.7 Å². The zero-order valence-electron chi connectivity index (χ0n) is 12.4. The Morgan fingerprint density at radius 1 is 1.55 bits per heavy atom. The van der Waals surface area contributed by atoms with E-state index in [4.69, 9.17) is 5.73 Å². The lowest BCUT2D eigenvalue weighted by Gasteiger charge is -2.23. The van der Waals surface area contributed by atoms with Gasteiger partial charge in [0.15, 0.2) is 5.16 Å². The Bertz CT molecular complexity index is 639. The van der Waals surface area contributed by atoms with Crippen molar-refractivity contribution in [3.05, 3.63) is 34.2 Å². The van der Waals surface area contributed by atoms with Gasteiger partial charge in [0, 0.05) is 23.2 Å². The number of nitrogens with zero attached hydrogens (tertiary/aromatic N) is 3. The third-order valence-electron chi connectivity index (χ3n) is 3.62. The quantitative estimate of drug-likeness (QED) is 0.687. The summed E-state index contributed by atoms with van der Waals surface area (Å²) >= 11 is 3.07. The molecule has 3 rings (SSSR count). The summed E-state index contributed by atoms with van der Waals surface area (Å²) in [4.78, 5) is 24.2. The number of aryl methyl sites for hydroxylation is 1. The smallest absolute Gasteiger partial charge is 0.233 e. The van der Waals surface area contributed by atoms with E-state index in [-0.39, 0.29) is 11.9 Å². The molecule has 3 heterocycles. The number of carbonyl (C=O) groups is 1. The van der Waals surface area contributed by atoms with E-state index in [0.29, 0.717) is 16.7 Å². The van der Waals surface area contributed by atoms with E-state index in [1.54, 1.807) is 17.4 Å². The summed E-state index contributed by atoms with van der Waals surface area (Å²) in [6.07, 6.45) is 2.11. The summed E-state index contributed by atoms with van der Waals surface area (Å²) < 4.78 is 0. The second kappa shape index (κ2) is 6.66. The highest BCUT2D eigenvalue weighted by atomic mass is 32.2. The average Bonchev–Trinajstić information content (AvgIpc) is 3.13. The molecule has 1 fully saturated rings. The lowest BCUT2D eigenvalue weighted by atomic mass is 10.2. The molecule has 0 radical (unpaired) electrons. The van der Waals surface area contributed by atoms with Crippen molar-refractivity contribution in [2.75, 3.05) is 18.0 Å². The summed E-state index contributed by atoms with van der Waals surface area (Å²) in [6.45, 7) is 2.70. The van der Waals surface area contributed by atoms with Gasteiger partial charge in [0.25, 0.3) is 0 Å². The van der Waals surface area contributed by atoms with Crippen molar-refractivity contribution >= 4 is 34.8 Å². The zero-order valence-corrected chi connectivity index (χ0v) is 14.0. The molecule has 0 aliphatic carbocycles. The van der Waals surface area contributed by atoms with Crippen molar-refractivity contribution in [1.82, 2.24) is 14.9 Å². The highest BCUT2D eigenvalue weighted by Crippen LogP contribution is 2.35. The van der Waals surface area contributed by atoms with Crippen LogP contribution in [0, 0.1) is 6.92 Å². The van der Waals surface area contributed by atoms with E-state index in [1.807, 2.05) is 17.9 Å². The molecule has 0 spiro atoms. The van der Waals surface area contributed by atoms with Crippen molar-refractivity contribution in [2.24, 2.45) is 0 Å². The Labute approximate surface area is 138 Å². The molecule has 5 nitrogen and oxygen atoms in total. The predicted molar refractivity (Wildman–Crippen MR) is 89.9 cm³/mol. The fourth-order valence-electron chi connectivity index (χ4n) is 2.68. The Morgan fingerprint density at radius 2 is 2.41 bits per heavy atom. The van der Waals surface area contributed by atoms with Crippen LogP contribution < -0.4 is 5.73 Å². The van der Waals surface area contributed by atoms with Crippen LogP contribution in [0.4, 0.5) is 5.82 Å². The van der Waals surface area contributed by atoms with E-state index in [2.05, 4.69) is 21.4 Å². The van der Waals surface area contributed by atoms with Crippen LogP contribution in [0.2, 0.25) is 0 Å². The van der Waals surface area contributed by atoms with Crippen molar-refractivity contribution in [1.29, 1.82) is 0 Å². The van der Waals surface area contributed by atoms with E-state index < -0.39 is 0 Å². The molecule has 2 aromatic rings. The minimum Gasteiger partial charge on any atom is -0.384 e. The monoisotopic (exact) mass is 334 g/mol. The maximum atomic E-state index is 12.5. The molecular weight excluding hydrogens is 316 g/mol. The van der Waals surface area contributed by atoms with Crippen molar-refractivity contribution < 1.29 is 4.79 Å². The number of rotatable bonds is 4. The number of amides is 1. The number of anilines is 1. The first kappa shape index (κ1) is 15.3. The van der Waals surface area contributed by atoms with Gasteiger partial charge in [-0.3, -0.25) is 4.79 Å². The molecule has 22 heavy (non-hydrogen) atoms. The first-order valence-electron chi connectivity index (χ1n) is 7.20. The van der Waals surface area contributed by atoms with E-state index in [1.165, 1.54) is 16.6 Å². The van der Waals surface area contributed by atoms with Crippen LogP contribution in [-0.4, -0.2) is 33.1 Å². The molecule has 7 heteroatoms. The molecule has 1 aliphatic heterocycles. The lowest BCUT2D eigenvalue weighted by molar-refractivity contribution is -0.129. The number of likely N-dealkylation sites (tertiary alicyclic amines) is 1. The van der Waals surface area contributed by atoms with Gasteiger partial charge >= 0.3 is 0 Å². The van der Waals surface area contributed by atoms with Gasteiger partial charge in [-0.1, -0.05) is 17.8 Å². The Morgan fingerprint density at radius 3 is 3.14 bits per heavy atom. The molecule has 0 aromatic carbocycles. The minimum absolute atomic E-state index is 0.143. The topological polar surface area (TPSA) is 72.1 Å². The summed E-state index contributed by atoms with van der Waals surface area (Å²) in [5, 5.41) is 2.63. The van der Waals surface area contributed by atoms with E-state index >= 15 is 0 Å². The number of thioether (sulfide) groups is 1. The number of nitrogens with two attached hydrogens (primary N) is 1. The average molecular weight is 334 g/mol. The van der Waals surface area contributed by atoms with Crippen LogP contribution in [0.3, 0.4) is 0 Å². The third-order valence-corrected chi connectivity index (χ3v) is 5.43. The lowest BCUT2D eigenvalue weighted by Crippen LogP contribution is -2.31. The van der Waals surface area contributed by atoms with E-state index in [9.17, 15) is 4.79 Å². The Kier molecular flexibility index (Phi) is 4.63. The molecule has 1 unspecified atom stereocenters. The maximum Gasteiger partial charge on any atom is 0.233 e. The Hall–Kier alpha value is -1.60. The molecule has 1 atom stereocenters. The number of carbonyl (C=O) groups excluding carboxylic acids is 1. The molecule has 2 aromatic heterocycles. The largest absolute Gasteiger partial charge is 0.384 e. The van der Waals surface area contributed by atoms with Crippen molar-refractivity contribution in [2.45, 2.75) is 31.0 Å². The van der Waals surface area contributed by atoms with Gasteiger partial charge in [-0.05, 0) is 31.2 Å². The van der Waals surface area contributed by atoms with Crippen LogP contribution >= 0.6 is 23.1 Å². The maximum absolute atomic E-state index is 12.5. The first-order valence-corrected chi connectivity index (χ1v) is 9.07. The molecular formula is C15H18N4OS2. The van der Waals surface area contributed by atoms with Gasteiger partial charge in [0.05, 0.1) is 11.8 Å². The summed E-state index contributed by atoms with van der Waals surface area (Å²) in [7, 11) is 0. The minimum atomic E-state index is 0.143. The van der Waals surface area contributed by atoms with Crippen molar-refractivity contribution in [3.63, 3.8) is 0 Å². The number of thiophene rings is 1. The number of hydrogen-bond acceptors (Lipinski definition) is 6. The predicted octanol–water partition coefficient (Wildman–Crippen LogP) is 2.88. The van der Waals surface area contributed by atoms with Gasteiger partial charge in [0.2, 0.25) is 5.91 Å². The van der Waals surface area contributed by atoms with Gasteiger partial charge in [0.1, 0.15) is 5.82 Å². The highest BCUT2D eigenvalue weighted by Gasteiger charge is 2.30. The molecule has 2 N–H and O–H groups in total. The molecule has 0 bridgehead atoms. The standard InChI is InChI=1S/C15H18N4OS2/c1-10-8-13(16)18-15(17-10)22-9-14(20)19-6-2-4-11(19)12-5-3-7-21-12/h3,5,7-8,11H,2,4,6,9H2,1H3,(H2,16,17,18). The fraction of sp³-hybridized carbons (Fsp3) is 0.400. The normalized spacial score (nSPS) is 17.9. The van der Waals surface area contributed by atoms with E-state index in [0.717, 1.165) is 25.1 Å².